The number of aliphatic hydroxyl groups excluding tert-OH is 1. The molecule has 0 fully saturated rings. The van der Waals surface area contributed by atoms with E-state index >= 15 is 0 Å². The highest BCUT2D eigenvalue weighted by molar-refractivity contribution is 5.37. The van der Waals surface area contributed by atoms with Crippen LogP contribution in [0.15, 0.2) is 12.4 Å². The Morgan fingerprint density at radius 1 is 1.47 bits per heavy atom. The second-order valence-electron chi connectivity index (χ2n) is 3.71. The summed E-state index contributed by atoms with van der Waals surface area (Å²) >= 11 is 0. The van der Waals surface area contributed by atoms with E-state index in [9.17, 15) is 0 Å². The molecule has 0 saturated heterocycles. The third-order valence-corrected chi connectivity index (χ3v) is 2.30. The number of rotatable bonds is 4. The molecule has 0 spiro atoms. The predicted octanol–water partition coefficient (Wildman–Crippen LogP) is -0.458. The third-order valence-electron chi connectivity index (χ3n) is 2.30. The van der Waals surface area contributed by atoms with Crippen LogP contribution in [0.1, 0.15) is 17.1 Å². The molecule has 90 valence electrons. The van der Waals surface area contributed by atoms with Gasteiger partial charge in [-0.1, -0.05) is 5.21 Å². The molecule has 0 aliphatic rings. The van der Waals surface area contributed by atoms with Crippen LogP contribution in [0.25, 0.3) is 0 Å². The van der Waals surface area contributed by atoms with Gasteiger partial charge in [-0.25, -0.2) is 14.6 Å². The van der Waals surface area contributed by atoms with Crippen LogP contribution in [0.2, 0.25) is 0 Å². The van der Waals surface area contributed by atoms with E-state index in [0.29, 0.717) is 24.6 Å². The summed E-state index contributed by atoms with van der Waals surface area (Å²) in [6.45, 7) is 2.33. The average Bonchev–Trinajstić information content (AvgIpc) is 2.71. The van der Waals surface area contributed by atoms with E-state index in [4.69, 9.17) is 10.8 Å². The second-order valence-corrected chi connectivity index (χ2v) is 3.71. The van der Waals surface area contributed by atoms with Gasteiger partial charge < -0.3 is 10.8 Å². The first kappa shape index (κ1) is 11.5. The zero-order valence-electron chi connectivity index (χ0n) is 9.54. The number of anilines is 1. The van der Waals surface area contributed by atoms with E-state index in [1.807, 2.05) is 0 Å². The molecule has 0 atom stereocenters. The Bertz CT molecular complexity index is 509. The van der Waals surface area contributed by atoms with E-state index in [0.717, 1.165) is 11.3 Å². The van der Waals surface area contributed by atoms with E-state index in [2.05, 4.69) is 20.3 Å². The number of nitrogens with two attached hydrogens (primary N) is 1. The number of aliphatic hydroxyl groups is 1. The highest BCUT2D eigenvalue weighted by atomic mass is 16.3. The fourth-order valence-corrected chi connectivity index (χ4v) is 1.45. The van der Waals surface area contributed by atoms with Crippen LogP contribution in [0, 0.1) is 6.92 Å². The molecule has 0 aliphatic carbocycles. The van der Waals surface area contributed by atoms with Crippen LogP contribution in [0.5, 0.6) is 0 Å². The zero-order chi connectivity index (χ0) is 12.3. The molecule has 17 heavy (non-hydrogen) atoms. The largest absolute Gasteiger partial charge is 0.396 e. The summed E-state index contributed by atoms with van der Waals surface area (Å²) in [4.78, 5) is 8.16. The quantitative estimate of drug-likeness (QED) is 0.742. The Labute approximate surface area is 98.3 Å². The van der Waals surface area contributed by atoms with Crippen molar-refractivity contribution >= 4 is 5.82 Å². The number of aromatic nitrogens is 5. The SMILES string of the molecule is Cc1ncc(Cn2cc(CCO)nn2)c(N)n1. The molecule has 0 aliphatic heterocycles. The number of hydrogen-bond donors (Lipinski definition) is 2. The normalized spacial score (nSPS) is 10.7. The first-order valence-electron chi connectivity index (χ1n) is 5.27. The Kier molecular flexibility index (Phi) is 3.29. The molecule has 2 rings (SSSR count). The summed E-state index contributed by atoms with van der Waals surface area (Å²) in [7, 11) is 0. The van der Waals surface area contributed by atoms with Gasteiger partial charge in [0.2, 0.25) is 0 Å². The Morgan fingerprint density at radius 3 is 3.00 bits per heavy atom. The second kappa shape index (κ2) is 4.88. The summed E-state index contributed by atoms with van der Waals surface area (Å²) < 4.78 is 1.65. The molecule has 2 aromatic rings. The smallest absolute Gasteiger partial charge is 0.132 e. The molecule has 2 aromatic heterocycles. The van der Waals surface area contributed by atoms with Crippen molar-refractivity contribution in [2.24, 2.45) is 0 Å². The molecule has 3 N–H and O–H groups in total. The average molecular weight is 234 g/mol. The zero-order valence-corrected chi connectivity index (χ0v) is 9.54. The van der Waals surface area contributed by atoms with Gasteiger partial charge in [0.05, 0.1) is 12.2 Å². The lowest BCUT2D eigenvalue weighted by molar-refractivity contribution is 0.298. The molecule has 0 radical (unpaired) electrons. The van der Waals surface area contributed by atoms with E-state index < -0.39 is 0 Å². The molecule has 0 aromatic carbocycles. The minimum atomic E-state index is 0.0640. The monoisotopic (exact) mass is 234 g/mol. The van der Waals surface area contributed by atoms with Gasteiger partial charge in [0.15, 0.2) is 0 Å². The lowest BCUT2D eigenvalue weighted by Gasteiger charge is -2.04. The van der Waals surface area contributed by atoms with E-state index in [-0.39, 0.29) is 6.61 Å². The number of aryl methyl sites for hydroxylation is 1. The van der Waals surface area contributed by atoms with Crippen molar-refractivity contribution in [1.29, 1.82) is 0 Å². The van der Waals surface area contributed by atoms with Gasteiger partial charge in [-0.2, -0.15) is 0 Å². The van der Waals surface area contributed by atoms with Crippen molar-refractivity contribution in [3.63, 3.8) is 0 Å². The van der Waals surface area contributed by atoms with Crippen LogP contribution in [0.4, 0.5) is 5.82 Å². The van der Waals surface area contributed by atoms with Crippen LogP contribution in [-0.4, -0.2) is 36.7 Å². The Hall–Kier alpha value is -2.02. The van der Waals surface area contributed by atoms with Gasteiger partial charge in [-0.3, -0.25) is 0 Å². The summed E-state index contributed by atoms with van der Waals surface area (Å²) in [6, 6.07) is 0. The Morgan fingerprint density at radius 2 is 2.29 bits per heavy atom. The van der Waals surface area contributed by atoms with Gasteiger partial charge in [0.25, 0.3) is 0 Å². The minimum absolute atomic E-state index is 0.0640. The number of nitrogen functional groups attached to an aromatic ring is 1. The summed E-state index contributed by atoms with van der Waals surface area (Å²) in [5.41, 5.74) is 7.33. The van der Waals surface area contributed by atoms with Gasteiger partial charge in [-0.05, 0) is 6.92 Å². The molecule has 0 bridgehead atoms. The Balaban J connectivity index is 2.13. The van der Waals surface area contributed by atoms with Crippen molar-refractivity contribution in [2.75, 3.05) is 12.3 Å². The predicted molar refractivity (Wildman–Crippen MR) is 61.1 cm³/mol. The number of hydrogen-bond acceptors (Lipinski definition) is 6. The molecule has 0 saturated carbocycles. The van der Waals surface area contributed by atoms with Crippen molar-refractivity contribution in [3.8, 4) is 0 Å². The maximum absolute atomic E-state index is 8.78. The molecule has 2 heterocycles. The molecule has 0 unspecified atom stereocenters. The fourth-order valence-electron chi connectivity index (χ4n) is 1.45. The summed E-state index contributed by atoms with van der Waals surface area (Å²) in [5, 5.41) is 16.6. The van der Waals surface area contributed by atoms with Crippen LogP contribution >= 0.6 is 0 Å². The summed E-state index contributed by atoms with van der Waals surface area (Å²) in [5.74, 6) is 1.10. The van der Waals surface area contributed by atoms with Gasteiger partial charge in [0, 0.05) is 31.0 Å². The summed E-state index contributed by atoms with van der Waals surface area (Å²) in [6.07, 6.45) is 3.96. The first-order valence-corrected chi connectivity index (χ1v) is 5.27. The molecular formula is C10H14N6O. The molecule has 0 amide bonds. The van der Waals surface area contributed by atoms with Crippen molar-refractivity contribution in [1.82, 2.24) is 25.0 Å². The maximum Gasteiger partial charge on any atom is 0.132 e. The highest BCUT2D eigenvalue weighted by Crippen LogP contribution is 2.08. The van der Waals surface area contributed by atoms with Crippen molar-refractivity contribution < 1.29 is 5.11 Å². The van der Waals surface area contributed by atoms with Gasteiger partial charge in [-0.15, -0.1) is 5.10 Å². The van der Waals surface area contributed by atoms with Crippen LogP contribution in [-0.2, 0) is 13.0 Å². The van der Waals surface area contributed by atoms with Gasteiger partial charge in [0.1, 0.15) is 11.6 Å². The van der Waals surface area contributed by atoms with Crippen molar-refractivity contribution in [2.45, 2.75) is 19.9 Å². The van der Waals surface area contributed by atoms with E-state index in [1.54, 1.807) is 24.0 Å². The van der Waals surface area contributed by atoms with Crippen LogP contribution < -0.4 is 5.73 Å². The van der Waals surface area contributed by atoms with Crippen LogP contribution in [0.3, 0.4) is 0 Å². The first-order chi connectivity index (χ1) is 8.19. The lowest BCUT2D eigenvalue weighted by Crippen LogP contribution is -2.07. The van der Waals surface area contributed by atoms with Crippen molar-refractivity contribution in [3.05, 3.63) is 29.5 Å². The maximum atomic E-state index is 8.78. The van der Waals surface area contributed by atoms with Gasteiger partial charge >= 0.3 is 0 Å². The topological polar surface area (TPSA) is 103 Å². The van der Waals surface area contributed by atoms with E-state index in [1.165, 1.54) is 0 Å². The lowest BCUT2D eigenvalue weighted by atomic mass is 10.3. The fraction of sp³-hybridized carbons (Fsp3) is 0.400. The molecular weight excluding hydrogens is 220 g/mol. The standard InChI is InChI=1S/C10H14N6O/c1-7-12-4-8(10(11)13-7)5-16-6-9(2-3-17)14-15-16/h4,6,17H,2-3,5H2,1H3,(H2,11,12,13). The highest BCUT2D eigenvalue weighted by Gasteiger charge is 2.05. The minimum Gasteiger partial charge on any atom is -0.396 e. The molecule has 7 heteroatoms. The molecule has 7 nitrogen and oxygen atoms in total. The number of nitrogens with zero attached hydrogens (tertiary/aromatic N) is 5. The third kappa shape index (κ3) is 2.76.